The summed E-state index contributed by atoms with van der Waals surface area (Å²) in [6.07, 6.45) is 1.18. The molecule has 0 aliphatic carbocycles. The van der Waals surface area contributed by atoms with Crippen LogP contribution in [0, 0.1) is 22.7 Å². The van der Waals surface area contributed by atoms with Gasteiger partial charge in [0, 0.05) is 30.7 Å². The van der Waals surface area contributed by atoms with Gasteiger partial charge < -0.3 is 23.0 Å². The predicted molar refractivity (Wildman–Crippen MR) is 127 cm³/mol. The molecule has 4 rings (SSSR count). The van der Waals surface area contributed by atoms with E-state index in [1.807, 2.05) is 42.5 Å². The van der Waals surface area contributed by atoms with Crippen LogP contribution in [-0.2, 0) is 16.2 Å². The molecule has 5 N–H and O–H groups in total. The number of nitrogens with zero attached hydrogens (tertiary/aromatic N) is 5. The van der Waals surface area contributed by atoms with Crippen molar-refractivity contribution >= 4 is 40.1 Å². The van der Waals surface area contributed by atoms with E-state index in [-0.39, 0.29) is 116 Å². The van der Waals surface area contributed by atoms with Crippen LogP contribution in [-0.4, -0.2) is 38.3 Å². The maximum atomic E-state index is 11.3. The normalized spacial score (nSPS) is 8.63. The zero-order chi connectivity index (χ0) is 26.9. The van der Waals surface area contributed by atoms with Crippen molar-refractivity contribution in [2.45, 2.75) is 26.3 Å². The summed E-state index contributed by atoms with van der Waals surface area (Å²) in [5, 5.41) is 36.5. The van der Waals surface area contributed by atoms with Crippen LogP contribution in [0.25, 0.3) is 21.8 Å². The molecule has 0 spiro atoms. The van der Waals surface area contributed by atoms with Crippen molar-refractivity contribution in [3.8, 4) is 12.1 Å². The number of unbranched alkanes of at least 4 members (excludes halogenated alkanes) is 1. The van der Waals surface area contributed by atoms with Crippen LogP contribution in [0.15, 0.2) is 48.5 Å². The number of carbonyl (C=O) groups is 3. The van der Waals surface area contributed by atoms with Gasteiger partial charge in [-0.2, -0.15) is 20.7 Å². The van der Waals surface area contributed by atoms with Gasteiger partial charge in [0.05, 0.1) is 23.2 Å². The number of H-pyrrole nitrogens is 1. The van der Waals surface area contributed by atoms with E-state index < -0.39 is 11.8 Å². The summed E-state index contributed by atoms with van der Waals surface area (Å²) in [7, 11) is 0. The van der Waals surface area contributed by atoms with E-state index in [1.165, 1.54) is 6.92 Å². The Morgan fingerprint density at radius 3 is 2.13 bits per heavy atom. The zero-order valence-corrected chi connectivity index (χ0v) is 27.5. The molecule has 0 aliphatic heterocycles. The van der Waals surface area contributed by atoms with Gasteiger partial charge in [0.2, 0.25) is 0 Å². The Bertz CT molecular complexity index is 1400. The van der Waals surface area contributed by atoms with Gasteiger partial charge in [-0.3, -0.25) is 24.2 Å². The molecule has 2 aromatic carbocycles. The van der Waals surface area contributed by atoms with E-state index in [0.29, 0.717) is 25.1 Å². The molecule has 0 atom stereocenters. The molecule has 0 radical (unpaired) electrons. The minimum absolute atomic E-state index is 0. The fraction of sp³-hybridized carbons (Fsp3) is 0.174. The van der Waals surface area contributed by atoms with E-state index in [0.717, 1.165) is 21.8 Å². The van der Waals surface area contributed by atoms with Gasteiger partial charge in [-0.05, 0) is 18.6 Å². The van der Waals surface area contributed by atoms with E-state index in [4.69, 9.17) is 32.0 Å². The van der Waals surface area contributed by atoms with Gasteiger partial charge in [-0.25, -0.2) is 0 Å². The zero-order valence-electron chi connectivity index (χ0n) is 22.2. The third kappa shape index (κ3) is 12.2. The third-order valence-corrected chi connectivity index (χ3v) is 4.29. The number of hydrogen-bond acceptors (Lipinski definition) is 9. The quantitative estimate of drug-likeness (QED) is 0.0663. The van der Waals surface area contributed by atoms with Crippen LogP contribution < -0.4 is 119 Å². The number of nitriles is 2. The molecule has 15 heteroatoms. The average molecular weight is 571 g/mol. The van der Waals surface area contributed by atoms with Crippen molar-refractivity contribution in [2.75, 3.05) is 0 Å². The molecule has 0 aliphatic rings. The first-order valence-electron chi connectivity index (χ1n) is 10.2. The number of nitrogens with two attached hydrogens (primary N) is 2. The minimum Gasteiger partial charge on any atom is -1.00 e. The summed E-state index contributed by atoms with van der Waals surface area (Å²) in [5.41, 5.74) is 12.7. The summed E-state index contributed by atoms with van der Waals surface area (Å²) in [4.78, 5) is 33.3. The number of primary amides is 2. The molecule has 0 saturated carbocycles. The monoisotopic (exact) mass is 570 g/mol. The van der Waals surface area contributed by atoms with Crippen LogP contribution in [0.4, 0.5) is 0 Å². The molecule has 0 saturated heterocycles. The topological polar surface area (TPSA) is 230 Å². The van der Waals surface area contributed by atoms with Crippen molar-refractivity contribution in [1.29, 1.82) is 10.5 Å². The number of aryl methyl sites for hydroxylation is 1. The molecule has 0 bridgehead atoms. The number of benzene rings is 2. The van der Waals surface area contributed by atoms with Gasteiger partial charge in [0.25, 0.3) is 18.3 Å². The molecule has 188 valence electrons. The molecule has 2 heterocycles. The van der Waals surface area contributed by atoms with Crippen molar-refractivity contribution < 1.29 is 129 Å². The van der Waals surface area contributed by atoms with Gasteiger partial charge in [0.1, 0.15) is 0 Å². The standard InChI is InChI=1S/C12H12N4O.C8H7N3O.C2H3N.CH2O3.2K.H/c13-7-3-4-8-16-10-6-2-1-5-9(10)11(15-16)12(14)17;9-8(12)7-5-3-1-2-4-6(5)10-11-7;1-2-3;2-1-4-3;;;/h1-2,5-6H,3-4,8H2,(H2,14,17);1-4H,(H2,9,12)(H,10,11);1H3;1,3H;;;/q;;;;2*+1;-1/p-1. The number of rotatable bonds is 6. The number of para-hydroxylation sites is 2. The summed E-state index contributed by atoms with van der Waals surface area (Å²) in [6.45, 7) is 1.86. The molecule has 0 fully saturated rings. The number of amides is 2. The second-order valence-corrected chi connectivity index (χ2v) is 6.61. The predicted octanol–water partition coefficient (Wildman–Crippen LogP) is -4.81. The Labute approximate surface area is 304 Å². The maximum Gasteiger partial charge on any atom is 1.00 e. The number of aromatic nitrogens is 4. The molecule has 2 aromatic heterocycles. The number of carbonyl (C=O) groups excluding carboxylic acids is 3. The molecular weight excluding hydrogens is 547 g/mol. The van der Waals surface area contributed by atoms with Crippen LogP contribution >= 0.6 is 0 Å². The molecule has 2 amide bonds. The van der Waals surface area contributed by atoms with Gasteiger partial charge in [-0.15, -0.1) is 0 Å². The van der Waals surface area contributed by atoms with Crippen LogP contribution in [0.2, 0.25) is 0 Å². The first kappa shape index (κ1) is 38.2. The first-order valence-corrected chi connectivity index (χ1v) is 10.2. The van der Waals surface area contributed by atoms with E-state index in [2.05, 4.69) is 26.3 Å². The van der Waals surface area contributed by atoms with Crippen molar-refractivity contribution in [1.82, 2.24) is 20.0 Å². The molecular formula is C23H24K2N8O5. The Balaban J connectivity index is -0.000000519. The first-order chi connectivity index (χ1) is 17.4. The molecule has 38 heavy (non-hydrogen) atoms. The molecule has 0 unspecified atom stereocenters. The van der Waals surface area contributed by atoms with E-state index in [9.17, 15) is 9.59 Å². The number of hydrogen-bond donors (Lipinski definition) is 3. The smallest absolute Gasteiger partial charge is 1.00 e. The Morgan fingerprint density at radius 1 is 1.08 bits per heavy atom. The van der Waals surface area contributed by atoms with Crippen molar-refractivity contribution in [3.63, 3.8) is 0 Å². The minimum atomic E-state index is -0.528. The number of fused-ring (bicyclic) bond motifs is 2. The van der Waals surface area contributed by atoms with Crippen LogP contribution in [0.1, 0.15) is 42.2 Å². The average Bonchev–Trinajstić information content (AvgIpc) is 3.48. The second-order valence-electron chi connectivity index (χ2n) is 6.61. The SMILES string of the molecule is CC#N.N#CCCCn1nc(C(N)=O)c2ccccc21.NC(=O)c1n[nH]c2ccccc12.O=CO[O-].[H-].[K+].[K+]. The second kappa shape index (κ2) is 21.9. The van der Waals surface area contributed by atoms with Crippen LogP contribution in [0.5, 0.6) is 0 Å². The summed E-state index contributed by atoms with van der Waals surface area (Å²) in [6, 6.07) is 18.6. The van der Waals surface area contributed by atoms with Gasteiger partial charge in [0.15, 0.2) is 11.4 Å². The number of aromatic amines is 1. The number of nitrogens with one attached hydrogen (secondary N) is 1. The summed E-state index contributed by atoms with van der Waals surface area (Å²) < 4.78 is 1.73. The fourth-order valence-electron chi connectivity index (χ4n) is 2.94. The van der Waals surface area contributed by atoms with Crippen molar-refractivity contribution in [3.05, 3.63) is 59.9 Å². The Hall–Kier alpha value is -2.00. The maximum absolute atomic E-state index is 11.3. The van der Waals surface area contributed by atoms with Gasteiger partial charge >= 0.3 is 103 Å². The van der Waals surface area contributed by atoms with E-state index >= 15 is 0 Å². The fourth-order valence-corrected chi connectivity index (χ4v) is 2.94. The third-order valence-electron chi connectivity index (χ3n) is 4.29. The Morgan fingerprint density at radius 2 is 1.61 bits per heavy atom. The van der Waals surface area contributed by atoms with E-state index in [1.54, 1.807) is 16.8 Å². The summed E-state index contributed by atoms with van der Waals surface area (Å²) >= 11 is 0. The van der Waals surface area contributed by atoms with Gasteiger partial charge in [-0.1, -0.05) is 36.4 Å². The van der Waals surface area contributed by atoms with Crippen LogP contribution in [0.3, 0.4) is 0 Å². The van der Waals surface area contributed by atoms with Crippen molar-refractivity contribution in [2.24, 2.45) is 11.5 Å². The molecule has 4 aromatic rings. The largest absolute Gasteiger partial charge is 1.00 e. The summed E-state index contributed by atoms with van der Waals surface area (Å²) in [5.74, 6) is -1.03. The molecule has 13 nitrogen and oxygen atoms in total. The Kier molecular flexibility index (Phi) is 22.0.